The Kier molecular flexibility index (Phi) is 5.67. The van der Waals surface area contributed by atoms with Crippen LogP contribution in [0.25, 0.3) is 0 Å². The van der Waals surface area contributed by atoms with Crippen LogP contribution in [0.15, 0.2) is 54.6 Å². The molecule has 2 aromatic carbocycles. The van der Waals surface area contributed by atoms with E-state index in [9.17, 15) is 9.90 Å². The summed E-state index contributed by atoms with van der Waals surface area (Å²) in [4.78, 5) is 14.8. The number of carbonyl (C=O) groups excluding carboxylic acids is 1. The Balaban J connectivity index is 1.52. The molecule has 0 aliphatic carbocycles. The summed E-state index contributed by atoms with van der Waals surface area (Å²) in [5, 5.41) is 11.0. The molecule has 0 saturated carbocycles. The van der Waals surface area contributed by atoms with E-state index in [1.54, 1.807) is 24.3 Å². The number of Topliss-reactive ketones (excluding diaryl/α,β-unsaturated/α-hetero) is 1. The van der Waals surface area contributed by atoms with E-state index in [1.165, 1.54) is 0 Å². The highest BCUT2D eigenvalue weighted by atomic mass is 35.5. The van der Waals surface area contributed by atoms with Crippen LogP contribution in [-0.4, -0.2) is 35.4 Å². The third-order valence-electron chi connectivity index (χ3n) is 4.70. The van der Waals surface area contributed by atoms with Gasteiger partial charge in [-0.25, -0.2) is 0 Å². The zero-order valence-electron chi connectivity index (χ0n) is 13.6. The molecule has 0 aromatic heterocycles. The molecule has 1 saturated heterocycles. The molecule has 1 N–H and O–H groups in total. The van der Waals surface area contributed by atoms with Gasteiger partial charge < -0.3 is 10.0 Å². The van der Waals surface area contributed by atoms with Gasteiger partial charge in [-0.15, -0.1) is 0 Å². The maximum absolute atomic E-state index is 12.6. The number of piperidine rings is 1. The number of benzene rings is 2. The van der Waals surface area contributed by atoms with E-state index in [4.69, 9.17) is 11.6 Å². The van der Waals surface area contributed by atoms with Crippen LogP contribution in [-0.2, 0) is 0 Å². The largest absolute Gasteiger partial charge is 0.387 e. The minimum Gasteiger partial charge on any atom is -0.387 e. The van der Waals surface area contributed by atoms with Crippen molar-refractivity contribution in [1.29, 1.82) is 0 Å². The third kappa shape index (κ3) is 4.23. The van der Waals surface area contributed by atoms with Gasteiger partial charge in [-0.2, -0.15) is 0 Å². The second-order valence-corrected chi connectivity index (χ2v) is 6.81. The number of carbonyl (C=O) groups is 1. The van der Waals surface area contributed by atoms with Crippen molar-refractivity contribution in [3.05, 3.63) is 70.7 Å². The monoisotopic (exact) mass is 343 g/mol. The van der Waals surface area contributed by atoms with Gasteiger partial charge in [-0.3, -0.25) is 4.79 Å². The normalized spacial score (nSPS) is 17.6. The van der Waals surface area contributed by atoms with Crippen molar-refractivity contribution in [3.8, 4) is 0 Å². The summed E-state index contributed by atoms with van der Waals surface area (Å²) in [5.41, 5.74) is 1.68. The molecule has 1 heterocycles. The molecule has 24 heavy (non-hydrogen) atoms. The van der Waals surface area contributed by atoms with Gasteiger partial charge in [0.05, 0.1) is 6.10 Å². The summed E-state index contributed by atoms with van der Waals surface area (Å²) in [7, 11) is 0. The molecule has 4 heteroatoms. The summed E-state index contributed by atoms with van der Waals surface area (Å²) in [6.07, 6.45) is 1.20. The molecule has 1 atom stereocenters. The van der Waals surface area contributed by atoms with Gasteiger partial charge in [0.2, 0.25) is 0 Å². The summed E-state index contributed by atoms with van der Waals surface area (Å²) in [6.45, 7) is 2.30. The number of hydrogen-bond acceptors (Lipinski definition) is 3. The van der Waals surface area contributed by atoms with Gasteiger partial charge in [0.25, 0.3) is 0 Å². The maximum Gasteiger partial charge on any atom is 0.166 e. The van der Waals surface area contributed by atoms with Crippen LogP contribution >= 0.6 is 11.6 Å². The predicted octanol–water partition coefficient (Wildman–Crippen LogP) is 3.97. The second kappa shape index (κ2) is 7.93. The Bertz CT molecular complexity index is 664. The second-order valence-electron chi connectivity index (χ2n) is 6.37. The molecule has 2 aromatic rings. The average molecular weight is 344 g/mol. The third-order valence-corrected chi connectivity index (χ3v) is 4.95. The molecule has 0 spiro atoms. The van der Waals surface area contributed by atoms with E-state index in [2.05, 4.69) is 4.90 Å². The van der Waals surface area contributed by atoms with Gasteiger partial charge in [0.1, 0.15) is 0 Å². The summed E-state index contributed by atoms with van der Waals surface area (Å²) in [6, 6.07) is 16.9. The fraction of sp³-hybridized carbons (Fsp3) is 0.350. The van der Waals surface area contributed by atoms with E-state index >= 15 is 0 Å². The molecule has 1 aliphatic rings. The van der Waals surface area contributed by atoms with Gasteiger partial charge in [-0.05, 0) is 55.8 Å². The molecule has 1 unspecified atom stereocenters. The summed E-state index contributed by atoms with van der Waals surface area (Å²) >= 11 is 5.88. The highest BCUT2D eigenvalue weighted by Gasteiger charge is 2.26. The first kappa shape index (κ1) is 17.2. The van der Waals surface area contributed by atoms with Gasteiger partial charge in [0.15, 0.2) is 5.78 Å². The molecule has 1 fully saturated rings. The topological polar surface area (TPSA) is 40.5 Å². The van der Waals surface area contributed by atoms with E-state index in [0.29, 0.717) is 11.6 Å². The Morgan fingerprint density at radius 2 is 1.71 bits per heavy atom. The first-order valence-corrected chi connectivity index (χ1v) is 8.76. The minimum absolute atomic E-state index is 0.0660. The molecule has 0 amide bonds. The lowest BCUT2D eigenvalue weighted by molar-refractivity contribution is 0.0727. The molecule has 1 aliphatic heterocycles. The first-order chi connectivity index (χ1) is 11.6. The van der Waals surface area contributed by atoms with E-state index in [1.807, 2.05) is 30.3 Å². The van der Waals surface area contributed by atoms with Crippen molar-refractivity contribution in [2.24, 2.45) is 5.92 Å². The maximum atomic E-state index is 12.6. The average Bonchev–Trinajstić information content (AvgIpc) is 2.63. The van der Waals surface area contributed by atoms with E-state index in [-0.39, 0.29) is 11.7 Å². The standard InChI is InChI=1S/C20H22ClNO2/c21-18-8-6-16(7-9-18)20(24)17-10-12-22(13-11-17)14-19(23)15-4-2-1-3-5-15/h1-9,17,19,23H,10-14H2. The van der Waals surface area contributed by atoms with E-state index in [0.717, 1.165) is 37.1 Å². The van der Waals surface area contributed by atoms with Crippen molar-refractivity contribution < 1.29 is 9.90 Å². The molecule has 126 valence electrons. The van der Waals surface area contributed by atoms with E-state index < -0.39 is 6.10 Å². The molecule has 3 rings (SSSR count). The van der Waals surface area contributed by atoms with Crippen molar-refractivity contribution in [2.75, 3.05) is 19.6 Å². The van der Waals surface area contributed by atoms with Crippen LogP contribution in [0.4, 0.5) is 0 Å². The van der Waals surface area contributed by atoms with Crippen LogP contribution in [0, 0.1) is 5.92 Å². The van der Waals surface area contributed by atoms with Crippen LogP contribution in [0.1, 0.15) is 34.9 Å². The van der Waals surface area contributed by atoms with Gasteiger partial charge in [-0.1, -0.05) is 41.9 Å². The lowest BCUT2D eigenvalue weighted by Crippen LogP contribution is -2.38. The van der Waals surface area contributed by atoms with Crippen molar-refractivity contribution >= 4 is 17.4 Å². The number of likely N-dealkylation sites (tertiary alicyclic amines) is 1. The Hall–Kier alpha value is -1.68. The molecule has 0 bridgehead atoms. The number of aliphatic hydroxyl groups is 1. The lowest BCUT2D eigenvalue weighted by Gasteiger charge is -2.32. The van der Waals surface area contributed by atoms with Crippen molar-refractivity contribution in [3.63, 3.8) is 0 Å². The van der Waals surface area contributed by atoms with Crippen LogP contribution in [0.2, 0.25) is 5.02 Å². The van der Waals surface area contributed by atoms with Crippen LogP contribution < -0.4 is 0 Å². The lowest BCUT2D eigenvalue weighted by atomic mass is 9.88. The first-order valence-electron chi connectivity index (χ1n) is 8.38. The summed E-state index contributed by atoms with van der Waals surface area (Å²) < 4.78 is 0. The number of halogens is 1. The number of nitrogens with zero attached hydrogens (tertiary/aromatic N) is 1. The highest BCUT2D eigenvalue weighted by molar-refractivity contribution is 6.30. The van der Waals surface area contributed by atoms with Gasteiger partial charge >= 0.3 is 0 Å². The molecular weight excluding hydrogens is 322 g/mol. The quantitative estimate of drug-likeness (QED) is 0.835. The Morgan fingerprint density at radius 1 is 1.08 bits per heavy atom. The van der Waals surface area contributed by atoms with Crippen molar-refractivity contribution in [2.45, 2.75) is 18.9 Å². The van der Waals surface area contributed by atoms with Gasteiger partial charge in [0, 0.05) is 23.0 Å². The SMILES string of the molecule is O=C(c1ccc(Cl)cc1)C1CCN(CC(O)c2ccccc2)CC1. The fourth-order valence-electron chi connectivity index (χ4n) is 3.25. The zero-order chi connectivity index (χ0) is 16.9. The number of hydrogen-bond donors (Lipinski definition) is 1. The number of β-amino-alcohol motifs (C(OH)–C–C–N with tert-alkyl or cyclic N) is 1. The Morgan fingerprint density at radius 3 is 2.33 bits per heavy atom. The molecule has 3 nitrogen and oxygen atoms in total. The Labute approximate surface area is 147 Å². The smallest absolute Gasteiger partial charge is 0.166 e. The number of rotatable bonds is 5. The zero-order valence-corrected chi connectivity index (χ0v) is 14.3. The van der Waals surface area contributed by atoms with Crippen molar-refractivity contribution in [1.82, 2.24) is 4.90 Å². The van der Waals surface area contributed by atoms with Crippen LogP contribution in [0.5, 0.6) is 0 Å². The number of ketones is 1. The predicted molar refractivity (Wildman–Crippen MR) is 96.3 cm³/mol. The number of aliphatic hydroxyl groups excluding tert-OH is 1. The molecular formula is C20H22ClNO2. The highest BCUT2D eigenvalue weighted by Crippen LogP contribution is 2.24. The minimum atomic E-state index is -0.477. The fourth-order valence-corrected chi connectivity index (χ4v) is 3.38. The molecule has 0 radical (unpaired) electrons. The summed E-state index contributed by atoms with van der Waals surface area (Å²) in [5.74, 6) is 0.270. The van der Waals surface area contributed by atoms with Crippen LogP contribution in [0.3, 0.4) is 0 Å².